The van der Waals surface area contributed by atoms with E-state index in [0.717, 1.165) is 33.8 Å². The van der Waals surface area contributed by atoms with Gasteiger partial charge in [-0.25, -0.2) is 9.97 Å². The number of hydrogen-bond acceptors (Lipinski definition) is 3. The quantitative estimate of drug-likeness (QED) is 0.552. The average molecular weight is 402 g/mol. The summed E-state index contributed by atoms with van der Waals surface area (Å²) in [4.78, 5) is 18.5. The summed E-state index contributed by atoms with van der Waals surface area (Å²) in [6.45, 7) is 7.95. The molecule has 1 heterocycles. The Balaban J connectivity index is 0.000000199. The van der Waals surface area contributed by atoms with Gasteiger partial charge < -0.3 is 5.32 Å². The minimum Gasteiger partial charge on any atom is -0.328 e. The van der Waals surface area contributed by atoms with E-state index in [1.165, 1.54) is 11.9 Å². The molecule has 0 radical (unpaired) electrons. The molecule has 0 fully saturated rings. The molecular formula is C21H21Cl2N3O. The fourth-order valence-corrected chi connectivity index (χ4v) is 3.03. The lowest BCUT2D eigenvalue weighted by atomic mass is 10.1. The van der Waals surface area contributed by atoms with Crippen molar-refractivity contribution in [3.63, 3.8) is 0 Å². The Morgan fingerprint density at radius 2 is 1.56 bits per heavy atom. The molecule has 1 amide bonds. The highest BCUT2D eigenvalue weighted by molar-refractivity contribution is 6.42. The summed E-state index contributed by atoms with van der Waals surface area (Å²) in [5, 5.41) is 3.77. The molecule has 0 aliphatic heterocycles. The third-order valence-electron chi connectivity index (χ3n) is 3.90. The smallest absolute Gasteiger partial charge is 0.211 e. The Kier molecular flexibility index (Phi) is 7.34. The van der Waals surface area contributed by atoms with Crippen molar-refractivity contribution >= 4 is 35.3 Å². The van der Waals surface area contributed by atoms with E-state index in [0.29, 0.717) is 16.5 Å². The van der Waals surface area contributed by atoms with Gasteiger partial charge in [0.1, 0.15) is 6.33 Å². The molecular weight excluding hydrogens is 381 g/mol. The maximum Gasteiger partial charge on any atom is 0.211 e. The molecule has 3 rings (SSSR count). The third-order valence-corrected chi connectivity index (χ3v) is 4.64. The monoisotopic (exact) mass is 401 g/mol. The second-order valence-electron chi connectivity index (χ2n) is 6.21. The number of aromatic nitrogens is 2. The largest absolute Gasteiger partial charge is 0.328 e. The standard InChI is InChI=1S/C11H8Cl2N2.C10H13NO/c1-7-4-11(15-6-14-7)8-2-3-9(12)10(13)5-8;1-7-4-8(2)10(11-6-12)9(3)5-7/h2-6H,1H3;4-6H,1-3H3,(H,11,12). The summed E-state index contributed by atoms with van der Waals surface area (Å²) < 4.78 is 0. The van der Waals surface area contributed by atoms with Gasteiger partial charge in [0.15, 0.2) is 0 Å². The number of carbonyl (C=O) groups excluding carboxylic acids is 1. The van der Waals surface area contributed by atoms with Gasteiger partial charge in [0, 0.05) is 16.9 Å². The van der Waals surface area contributed by atoms with Crippen LogP contribution in [0.1, 0.15) is 22.4 Å². The van der Waals surface area contributed by atoms with E-state index in [1.54, 1.807) is 12.1 Å². The lowest BCUT2D eigenvalue weighted by Gasteiger charge is -2.08. The van der Waals surface area contributed by atoms with Crippen LogP contribution in [0.25, 0.3) is 11.3 Å². The van der Waals surface area contributed by atoms with Gasteiger partial charge in [-0.3, -0.25) is 4.79 Å². The number of carbonyl (C=O) groups is 1. The van der Waals surface area contributed by atoms with Gasteiger partial charge in [-0.05, 0) is 57.0 Å². The number of benzene rings is 2. The highest BCUT2D eigenvalue weighted by atomic mass is 35.5. The van der Waals surface area contributed by atoms with Crippen molar-refractivity contribution in [2.24, 2.45) is 0 Å². The fraction of sp³-hybridized carbons (Fsp3) is 0.190. The maximum atomic E-state index is 10.3. The molecule has 27 heavy (non-hydrogen) atoms. The van der Waals surface area contributed by atoms with Crippen LogP contribution in [0.3, 0.4) is 0 Å². The lowest BCUT2D eigenvalue weighted by Crippen LogP contribution is -1.99. The van der Waals surface area contributed by atoms with Crippen LogP contribution in [0.2, 0.25) is 10.0 Å². The van der Waals surface area contributed by atoms with Crippen molar-refractivity contribution in [2.75, 3.05) is 5.32 Å². The van der Waals surface area contributed by atoms with E-state index in [9.17, 15) is 4.79 Å². The Hall–Kier alpha value is -2.43. The summed E-state index contributed by atoms with van der Waals surface area (Å²) in [5.41, 5.74) is 7.08. The van der Waals surface area contributed by atoms with Gasteiger partial charge >= 0.3 is 0 Å². The number of nitrogens with zero attached hydrogens (tertiary/aromatic N) is 2. The fourth-order valence-electron chi connectivity index (χ4n) is 2.73. The molecule has 0 aliphatic rings. The molecule has 3 aromatic rings. The van der Waals surface area contributed by atoms with Crippen molar-refractivity contribution in [1.29, 1.82) is 0 Å². The normalized spacial score (nSPS) is 10.0. The maximum absolute atomic E-state index is 10.3. The van der Waals surface area contributed by atoms with Crippen molar-refractivity contribution < 1.29 is 4.79 Å². The second-order valence-corrected chi connectivity index (χ2v) is 7.02. The first-order chi connectivity index (χ1) is 12.8. The average Bonchev–Trinajstić information content (AvgIpc) is 2.61. The molecule has 0 saturated heterocycles. The van der Waals surface area contributed by atoms with Gasteiger partial charge in [-0.2, -0.15) is 0 Å². The third kappa shape index (κ3) is 5.78. The van der Waals surface area contributed by atoms with E-state index in [2.05, 4.69) is 27.4 Å². The first-order valence-corrected chi connectivity index (χ1v) is 9.09. The van der Waals surface area contributed by atoms with Crippen LogP contribution < -0.4 is 5.32 Å². The van der Waals surface area contributed by atoms with Gasteiger partial charge in [0.25, 0.3) is 0 Å². The van der Waals surface area contributed by atoms with Gasteiger partial charge in [-0.1, -0.05) is 47.0 Å². The Labute approximate surface area is 169 Å². The molecule has 140 valence electrons. The lowest BCUT2D eigenvalue weighted by molar-refractivity contribution is -0.105. The number of amides is 1. The molecule has 4 nitrogen and oxygen atoms in total. The van der Waals surface area contributed by atoms with Crippen LogP contribution in [0, 0.1) is 27.7 Å². The molecule has 0 atom stereocenters. The molecule has 6 heteroatoms. The highest BCUT2D eigenvalue weighted by Gasteiger charge is 2.03. The number of nitrogens with one attached hydrogen (secondary N) is 1. The number of hydrogen-bond donors (Lipinski definition) is 1. The number of anilines is 1. The number of rotatable bonds is 3. The Morgan fingerprint density at radius 1 is 0.889 bits per heavy atom. The molecule has 1 aromatic heterocycles. The van der Waals surface area contributed by atoms with E-state index in [-0.39, 0.29) is 0 Å². The number of aryl methyl sites for hydroxylation is 4. The molecule has 0 aliphatic carbocycles. The van der Waals surface area contributed by atoms with Gasteiger partial charge in [-0.15, -0.1) is 0 Å². The van der Waals surface area contributed by atoms with Crippen molar-refractivity contribution in [1.82, 2.24) is 9.97 Å². The number of halogens is 2. The molecule has 1 N–H and O–H groups in total. The van der Waals surface area contributed by atoms with E-state index < -0.39 is 0 Å². The van der Waals surface area contributed by atoms with Crippen LogP contribution in [0.5, 0.6) is 0 Å². The van der Waals surface area contributed by atoms with Crippen LogP contribution in [0.15, 0.2) is 42.7 Å². The first-order valence-electron chi connectivity index (χ1n) is 8.34. The van der Waals surface area contributed by atoms with Crippen molar-refractivity contribution in [2.45, 2.75) is 27.7 Å². The minimum atomic E-state index is 0.533. The Morgan fingerprint density at radius 3 is 2.11 bits per heavy atom. The zero-order valence-electron chi connectivity index (χ0n) is 15.7. The van der Waals surface area contributed by atoms with Crippen LogP contribution in [-0.2, 0) is 4.79 Å². The zero-order valence-corrected chi connectivity index (χ0v) is 17.2. The predicted octanol–water partition coefficient (Wildman–Crippen LogP) is 5.94. The molecule has 0 unspecified atom stereocenters. The van der Waals surface area contributed by atoms with E-state index in [1.807, 2.05) is 39.8 Å². The summed E-state index contributed by atoms with van der Waals surface area (Å²) in [6.07, 6.45) is 2.25. The summed E-state index contributed by atoms with van der Waals surface area (Å²) in [5.74, 6) is 0. The summed E-state index contributed by atoms with van der Waals surface area (Å²) in [7, 11) is 0. The first kappa shape index (κ1) is 20.9. The van der Waals surface area contributed by atoms with E-state index in [4.69, 9.17) is 23.2 Å². The van der Waals surface area contributed by atoms with Crippen molar-refractivity contribution in [3.05, 3.63) is 75.2 Å². The van der Waals surface area contributed by atoms with Gasteiger partial charge in [0.05, 0.1) is 15.7 Å². The van der Waals surface area contributed by atoms with Gasteiger partial charge in [0.2, 0.25) is 6.41 Å². The minimum absolute atomic E-state index is 0.533. The van der Waals surface area contributed by atoms with Crippen molar-refractivity contribution in [3.8, 4) is 11.3 Å². The molecule has 0 bridgehead atoms. The molecule has 0 saturated carbocycles. The zero-order chi connectivity index (χ0) is 20.0. The Bertz CT molecular complexity index is 935. The molecule has 2 aromatic carbocycles. The topological polar surface area (TPSA) is 54.9 Å². The van der Waals surface area contributed by atoms with Crippen LogP contribution in [0.4, 0.5) is 5.69 Å². The van der Waals surface area contributed by atoms with E-state index >= 15 is 0 Å². The molecule has 0 spiro atoms. The summed E-state index contributed by atoms with van der Waals surface area (Å²) in [6, 6.07) is 11.5. The van der Waals surface area contributed by atoms with Crippen LogP contribution in [-0.4, -0.2) is 16.4 Å². The van der Waals surface area contributed by atoms with Crippen LogP contribution >= 0.6 is 23.2 Å². The second kappa shape index (κ2) is 9.49. The predicted molar refractivity (Wildman–Crippen MR) is 113 cm³/mol. The SMILES string of the molecule is Cc1cc(-c2ccc(Cl)c(Cl)c2)ncn1.Cc1cc(C)c(NC=O)c(C)c1. The highest BCUT2D eigenvalue weighted by Crippen LogP contribution is 2.27. The summed E-state index contributed by atoms with van der Waals surface area (Å²) >= 11 is 11.8.